The van der Waals surface area contributed by atoms with Crippen LogP contribution >= 0.6 is 0 Å². The molecule has 5 aromatic rings. The molecule has 12 heteroatoms. The molecule has 1 aliphatic heterocycles. The lowest BCUT2D eigenvalue weighted by Gasteiger charge is -2.35. The number of likely N-dealkylation sites (N-methyl/N-ethyl adjacent to an activating group) is 3. The van der Waals surface area contributed by atoms with Gasteiger partial charge in [-0.3, -0.25) is 14.4 Å². The zero-order chi connectivity index (χ0) is 44.9. The van der Waals surface area contributed by atoms with Crippen LogP contribution < -0.4 is 0 Å². The van der Waals surface area contributed by atoms with Gasteiger partial charge in [0.1, 0.15) is 18.1 Å². The Balaban J connectivity index is 1.47. The highest BCUT2D eigenvalue weighted by Crippen LogP contribution is 2.22. The highest BCUT2D eigenvalue weighted by molar-refractivity contribution is 5.94. The maximum atomic E-state index is 14.9. The van der Waals surface area contributed by atoms with Gasteiger partial charge in [0.2, 0.25) is 0 Å². The largest absolute Gasteiger partial charge is 0.451 e. The van der Waals surface area contributed by atoms with Crippen LogP contribution in [0.3, 0.4) is 0 Å². The van der Waals surface area contributed by atoms with E-state index in [0.717, 1.165) is 4.90 Å². The third-order valence-electron chi connectivity index (χ3n) is 11.3. The summed E-state index contributed by atoms with van der Waals surface area (Å²) in [5, 5.41) is 0. The first kappa shape index (κ1) is 45.4. The number of carbonyl (C=O) groups excluding carboxylic acids is 6. The number of amides is 3. The van der Waals surface area contributed by atoms with E-state index >= 15 is 0 Å². The third-order valence-corrected chi connectivity index (χ3v) is 11.3. The molecule has 0 radical (unpaired) electrons. The molecule has 0 unspecified atom stereocenters. The molecule has 0 aliphatic carbocycles. The fourth-order valence-electron chi connectivity index (χ4n) is 7.60. The fourth-order valence-corrected chi connectivity index (χ4v) is 7.60. The molecule has 0 aromatic heterocycles. The number of hydrogen-bond acceptors (Lipinski definition) is 9. The van der Waals surface area contributed by atoms with Crippen molar-refractivity contribution >= 4 is 35.6 Å². The van der Waals surface area contributed by atoms with Gasteiger partial charge in [0.15, 0.2) is 18.3 Å². The first-order chi connectivity index (χ1) is 30.4. The third kappa shape index (κ3) is 12.1. The van der Waals surface area contributed by atoms with Crippen LogP contribution in [-0.2, 0) is 75.1 Å². The van der Waals surface area contributed by atoms with Gasteiger partial charge in [-0.2, -0.15) is 0 Å². The van der Waals surface area contributed by atoms with Gasteiger partial charge in [-0.15, -0.1) is 0 Å². The SMILES string of the molecule is C[C@H]1OC(=O)[C@H](Cc2ccccc2)N(C)C(=O)[C@@H](Cc2ccccc2)OC(=O)[C@H](Cc2ccccc2)N(C)C(=O)[C@@H](Cc2ccccc2)OC(=O)[C@H](Cc2ccccc2)N(C)C1=O. The van der Waals surface area contributed by atoms with Gasteiger partial charge in [-0.25, -0.2) is 14.4 Å². The van der Waals surface area contributed by atoms with E-state index in [4.69, 9.17) is 14.2 Å². The van der Waals surface area contributed by atoms with Gasteiger partial charge in [0.25, 0.3) is 17.7 Å². The summed E-state index contributed by atoms with van der Waals surface area (Å²) in [6.45, 7) is 1.39. The Morgan fingerprint density at radius 2 is 0.587 bits per heavy atom. The Hall–Kier alpha value is -7.08. The van der Waals surface area contributed by atoms with E-state index in [2.05, 4.69) is 0 Å². The van der Waals surface area contributed by atoms with Gasteiger partial charge < -0.3 is 28.9 Å². The summed E-state index contributed by atoms with van der Waals surface area (Å²) in [4.78, 5) is 91.1. The Bertz CT molecular complexity index is 2230. The lowest BCUT2D eigenvalue weighted by Crippen LogP contribution is -2.55. The molecule has 6 rings (SSSR count). The van der Waals surface area contributed by atoms with Crippen molar-refractivity contribution in [1.82, 2.24) is 14.7 Å². The van der Waals surface area contributed by atoms with E-state index in [-0.39, 0.29) is 32.1 Å². The van der Waals surface area contributed by atoms with Crippen LogP contribution in [0.5, 0.6) is 0 Å². The Kier molecular flexibility index (Phi) is 15.6. The molecule has 5 aromatic carbocycles. The zero-order valence-electron chi connectivity index (χ0n) is 35.9. The molecule has 326 valence electrons. The minimum absolute atomic E-state index is 0.00426. The quantitative estimate of drug-likeness (QED) is 0.133. The summed E-state index contributed by atoms with van der Waals surface area (Å²) in [6.07, 6.45) is -4.46. The van der Waals surface area contributed by atoms with Crippen molar-refractivity contribution in [1.29, 1.82) is 0 Å². The predicted octanol–water partition coefficient (Wildman–Crippen LogP) is 5.45. The summed E-state index contributed by atoms with van der Waals surface area (Å²) in [6, 6.07) is 41.2. The number of hydrogen-bond donors (Lipinski definition) is 0. The second-order valence-corrected chi connectivity index (χ2v) is 15.8. The van der Waals surface area contributed by atoms with Crippen LogP contribution in [0, 0.1) is 0 Å². The topological polar surface area (TPSA) is 140 Å². The lowest BCUT2D eigenvalue weighted by molar-refractivity contribution is -0.175. The summed E-state index contributed by atoms with van der Waals surface area (Å²) >= 11 is 0. The summed E-state index contributed by atoms with van der Waals surface area (Å²) in [5.74, 6) is -4.76. The average molecular weight is 852 g/mol. The molecule has 3 amide bonds. The van der Waals surface area contributed by atoms with Crippen LogP contribution in [0.15, 0.2) is 152 Å². The van der Waals surface area contributed by atoms with E-state index in [0.29, 0.717) is 27.8 Å². The molecule has 0 saturated carbocycles. The Morgan fingerprint density at radius 1 is 0.349 bits per heavy atom. The molecule has 1 aliphatic rings. The van der Waals surface area contributed by atoms with E-state index < -0.39 is 72.1 Å². The summed E-state index contributed by atoms with van der Waals surface area (Å²) < 4.78 is 18.2. The number of cyclic esters (lactones) is 3. The highest BCUT2D eigenvalue weighted by atomic mass is 16.6. The monoisotopic (exact) mass is 851 g/mol. The molecule has 1 fully saturated rings. The van der Waals surface area contributed by atoms with Crippen LogP contribution in [0.25, 0.3) is 0 Å². The summed E-state index contributed by atoms with van der Waals surface area (Å²) in [5.41, 5.74) is 3.45. The summed E-state index contributed by atoms with van der Waals surface area (Å²) in [7, 11) is 4.28. The van der Waals surface area contributed by atoms with Crippen LogP contribution in [0.1, 0.15) is 34.7 Å². The first-order valence-electron chi connectivity index (χ1n) is 21.0. The Morgan fingerprint density at radius 3 is 0.873 bits per heavy atom. The number of carbonyl (C=O) groups is 6. The molecule has 12 nitrogen and oxygen atoms in total. The molecule has 0 spiro atoms. The van der Waals surface area contributed by atoms with Crippen molar-refractivity contribution in [3.8, 4) is 0 Å². The zero-order valence-corrected chi connectivity index (χ0v) is 35.9. The minimum Gasteiger partial charge on any atom is -0.451 e. The lowest BCUT2D eigenvalue weighted by atomic mass is 10.0. The number of benzene rings is 5. The molecule has 63 heavy (non-hydrogen) atoms. The maximum Gasteiger partial charge on any atom is 0.329 e. The van der Waals surface area contributed by atoms with Gasteiger partial charge in [-0.1, -0.05) is 152 Å². The highest BCUT2D eigenvalue weighted by Gasteiger charge is 2.42. The second-order valence-electron chi connectivity index (χ2n) is 15.8. The van der Waals surface area contributed by atoms with Crippen molar-refractivity contribution in [2.24, 2.45) is 0 Å². The molecule has 1 saturated heterocycles. The molecular formula is C51H53N3O9. The number of esters is 3. The predicted molar refractivity (Wildman–Crippen MR) is 236 cm³/mol. The van der Waals surface area contributed by atoms with Crippen molar-refractivity contribution < 1.29 is 43.0 Å². The van der Waals surface area contributed by atoms with Crippen molar-refractivity contribution in [3.63, 3.8) is 0 Å². The number of nitrogens with zero attached hydrogens (tertiary/aromatic N) is 3. The van der Waals surface area contributed by atoms with Crippen molar-refractivity contribution in [3.05, 3.63) is 179 Å². The number of rotatable bonds is 10. The smallest absolute Gasteiger partial charge is 0.329 e. The van der Waals surface area contributed by atoms with Crippen molar-refractivity contribution in [2.45, 2.75) is 75.5 Å². The molecule has 1 heterocycles. The number of ether oxygens (including phenoxy) is 3. The van der Waals surface area contributed by atoms with E-state index in [1.54, 1.807) is 121 Å². The standard InChI is InChI=1S/C51H53N3O9/c1-35-46(55)52(2)42(31-37-22-12-6-13-23-37)50(59)62-45(34-40-28-18-9-19-29-40)48(57)54(4)43(32-38-24-14-7-15-25-38)51(60)63-44(33-39-26-16-8-17-27-39)47(56)53(3)41(49(58)61-35)30-36-20-10-5-11-21-36/h5-29,35,41-45H,30-34H2,1-4H3/t35-,41+,42+,43+,44-,45-/m1/s1. The van der Waals surface area contributed by atoms with Gasteiger partial charge in [0, 0.05) is 53.2 Å². The maximum absolute atomic E-state index is 14.9. The van der Waals surface area contributed by atoms with Gasteiger partial charge in [-0.05, 0) is 34.7 Å². The first-order valence-corrected chi connectivity index (χ1v) is 21.0. The van der Waals surface area contributed by atoms with Crippen LogP contribution in [0.4, 0.5) is 0 Å². The van der Waals surface area contributed by atoms with Gasteiger partial charge >= 0.3 is 17.9 Å². The fraction of sp³-hybridized carbons (Fsp3) is 0.294. The van der Waals surface area contributed by atoms with Crippen LogP contribution in [0.2, 0.25) is 0 Å². The average Bonchev–Trinajstić information content (AvgIpc) is 3.31. The molecule has 0 N–H and O–H groups in total. The van der Waals surface area contributed by atoms with E-state index in [9.17, 15) is 28.8 Å². The normalized spacial score (nSPS) is 22.1. The van der Waals surface area contributed by atoms with Gasteiger partial charge in [0.05, 0.1) is 0 Å². The minimum atomic E-state index is -1.46. The van der Waals surface area contributed by atoms with E-state index in [1.807, 2.05) is 30.3 Å². The molecule has 0 bridgehead atoms. The van der Waals surface area contributed by atoms with E-state index in [1.165, 1.54) is 37.9 Å². The van der Waals surface area contributed by atoms with Crippen LogP contribution in [-0.4, -0.2) is 108 Å². The molecular weight excluding hydrogens is 799 g/mol. The van der Waals surface area contributed by atoms with Crippen molar-refractivity contribution in [2.75, 3.05) is 21.1 Å². The molecule has 6 atom stereocenters. The Labute approximate surface area is 368 Å². The second kappa shape index (κ2) is 21.6.